The smallest absolute Gasteiger partial charge is 0.224 e. The highest BCUT2D eigenvalue weighted by atomic mass is 16.2. The monoisotopic (exact) mass is 210 g/mol. The molecule has 0 rings (SSSR count). The van der Waals surface area contributed by atoms with Gasteiger partial charge in [-0.25, -0.2) is 0 Å². The summed E-state index contributed by atoms with van der Waals surface area (Å²) in [4.78, 5) is 13.5. The van der Waals surface area contributed by atoms with Crippen LogP contribution in [0.1, 0.15) is 33.6 Å². The summed E-state index contributed by atoms with van der Waals surface area (Å²) >= 11 is 0. The molecule has 0 radical (unpaired) electrons. The molecule has 0 heterocycles. The van der Waals surface area contributed by atoms with Gasteiger partial charge in [-0.15, -0.1) is 6.42 Å². The quantitative estimate of drug-likeness (QED) is 0.670. The molecular weight excluding hydrogens is 188 g/mol. The normalized spacial score (nSPS) is 12.3. The lowest BCUT2D eigenvalue weighted by atomic mass is 10.0. The molecule has 0 aromatic heterocycles. The maximum absolute atomic E-state index is 11.8. The molecule has 3 heteroatoms. The van der Waals surface area contributed by atoms with Crippen LogP contribution in [0.15, 0.2) is 0 Å². The zero-order valence-corrected chi connectivity index (χ0v) is 9.99. The third-order valence-corrected chi connectivity index (χ3v) is 2.40. The largest absolute Gasteiger partial charge is 0.332 e. The highest BCUT2D eigenvalue weighted by Crippen LogP contribution is 2.06. The molecule has 2 N–H and O–H groups in total. The number of hydrogen-bond donors (Lipinski definition) is 1. The van der Waals surface area contributed by atoms with Crippen LogP contribution in [0.2, 0.25) is 0 Å². The van der Waals surface area contributed by atoms with E-state index in [1.165, 1.54) is 0 Å². The first-order valence-corrected chi connectivity index (χ1v) is 5.49. The predicted molar refractivity (Wildman–Crippen MR) is 63.1 cm³/mol. The molecule has 0 saturated heterocycles. The van der Waals surface area contributed by atoms with Crippen LogP contribution < -0.4 is 5.73 Å². The van der Waals surface area contributed by atoms with Crippen LogP contribution in [0.5, 0.6) is 0 Å². The Morgan fingerprint density at radius 2 is 2.13 bits per heavy atom. The van der Waals surface area contributed by atoms with E-state index >= 15 is 0 Å². The van der Waals surface area contributed by atoms with Crippen molar-refractivity contribution in [3.8, 4) is 12.3 Å². The summed E-state index contributed by atoms with van der Waals surface area (Å²) < 4.78 is 0. The first-order valence-electron chi connectivity index (χ1n) is 5.49. The van der Waals surface area contributed by atoms with Gasteiger partial charge in [0.1, 0.15) is 0 Å². The van der Waals surface area contributed by atoms with Crippen LogP contribution in [-0.2, 0) is 4.79 Å². The number of nitrogens with two attached hydrogens (primary N) is 1. The second-order valence-corrected chi connectivity index (χ2v) is 4.13. The number of rotatable bonds is 6. The summed E-state index contributed by atoms with van der Waals surface area (Å²) in [6, 6.07) is -0.0744. The van der Waals surface area contributed by atoms with Gasteiger partial charge in [0.15, 0.2) is 0 Å². The average molecular weight is 210 g/mol. The molecule has 3 nitrogen and oxygen atoms in total. The molecule has 1 atom stereocenters. The number of nitrogens with zero attached hydrogens (tertiary/aromatic N) is 1. The van der Waals surface area contributed by atoms with Crippen molar-refractivity contribution in [1.82, 2.24) is 4.90 Å². The minimum absolute atomic E-state index is 0.0657. The molecule has 0 aromatic rings. The van der Waals surface area contributed by atoms with Gasteiger partial charge in [0.2, 0.25) is 5.91 Å². The van der Waals surface area contributed by atoms with E-state index in [2.05, 4.69) is 5.92 Å². The van der Waals surface area contributed by atoms with Crippen molar-refractivity contribution in [2.75, 3.05) is 13.1 Å². The third kappa shape index (κ3) is 5.44. The molecular formula is C12H22N2O. The fourth-order valence-electron chi connectivity index (χ4n) is 1.24. The van der Waals surface area contributed by atoms with Gasteiger partial charge in [-0.05, 0) is 12.3 Å². The molecule has 0 spiro atoms. The van der Waals surface area contributed by atoms with Crippen LogP contribution >= 0.6 is 0 Å². The molecule has 0 fully saturated rings. The highest BCUT2D eigenvalue weighted by Gasteiger charge is 2.17. The summed E-state index contributed by atoms with van der Waals surface area (Å²) in [6.45, 7) is 7.16. The van der Waals surface area contributed by atoms with Crippen molar-refractivity contribution in [1.29, 1.82) is 0 Å². The number of carbonyl (C=O) groups excluding carboxylic acids is 1. The maximum atomic E-state index is 11.8. The van der Waals surface area contributed by atoms with Crippen molar-refractivity contribution in [3.63, 3.8) is 0 Å². The summed E-state index contributed by atoms with van der Waals surface area (Å²) in [5, 5.41) is 0. The first-order chi connectivity index (χ1) is 7.02. The van der Waals surface area contributed by atoms with Gasteiger partial charge in [0, 0.05) is 19.0 Å². The Kier molecular flexibility index (Phi) is 6.81. The van der Waals surface area contributed by atoms with Gasteiger partial charge in [-0.3, -0.25) is 4.79 Å². The molecule has 0 aliphatic heterocycles. The van der Waals surface area contributed by atoms with Crippen molar-refractivity contribution >= 4 is 5.91 Å². The lowest BCUT2D eigenvalue weighted by Gasteiger charge is -2.22. The number of carbonyl (C=O) groups is 1. The zero-order chi connectivity index (χ0) is 11.8. The lowest BCUT2D eigenvalue weighted by molar-refractivity contribution is -0.131. The first kappa shape index (κ1) is 14.0. The molecule has 1 unspecified atom stereocenters. The molecule has 15 heavy (non-hydrogen) atoms. The summed E-state index contributed by atoms with van der Waals surface area (Å²) in [5.41, 5.74) is 5.85. The SMILES string of the molecule is C#CCN(CCC)C(=O)CC(N)C(C)C. The van der Waals surface area contributed by atoms with E-state index < -0.39 is 0 Å². The van der Waals surface area contributed by atoms with E-state index in [1.54, 1.807) is 4.90 Å². The average Bonchev–Trinajstić information content (AvgIpc) is 2.17. The molecule has 0 aliphatic rings. The Bertz CT molecular complexity index is 230. The van der Waals surface area contributed by atoms with E-state index in [0.717, 1.165) is 6.42 Å². The second kappa shape index (κ2) is 7.30. The van der Waals surface area contributed by atoms with Crippen molar-refractivity contribution in [2.24, 2.45) is 11.7 Å². The van der Waals surface area contributed by atoms with E-state index in [0.29, 0.717) is 25.4 Å². The Balaban J connectivity index is 4.20. The maximum Gasteiger partial charge on any atom is 0.224 e. The van der Waals surface area contributed by atoms with Crippen LogP contribution in [0.4, 0.5) is 0 Å². The zero-order valence-electron chi connectivity index (χ0n) is 9.99. The molecule has 86 valence electrons. The fraction of sp³-hybridized carbons (Fsp3) is 0.750. The Morgan fingerprint density at radius 1 is 1.53 bits per heavy atom. The minimum Gasteiger partial charge on any atom is -0.332 e. The van der Waals surface area contributed by atoms with Gasteiger partial charge >= 0.3 is 0 Å². The molecule has 0 saturated carbocycles. The van der Waals surface area contributed by atoms with Crippen LogP contribution in [0.3, 0.4) is 0 Å². The fourth-order valence-corrected chi connectivity index (χ4v) is 1.24. The Labute approximate surface area is 93.0 Å². The second-order valence-electron chi connectivity index (χ2n) is 4.13. The van der Waals surface area contributed by atoms with Crippen molar-refractivity contribution in [3.05, 3.63) is 0 Å². The highest BCUT2D eigenvalue weighted by molar-refractivity contribution is 5.77. The van der Waals surface area contributed by atoms with Gasteiger partial charge < -0.3 is 10.6 Å². The summed E-state index contributed by atoms with van der Waals surface area (Å²) in [5.74, 6) is 2.89. The van der Waals surface area contributed by atoms with Gasteiger partial charge in [-0.1, -0.05) is 26.7 Å². The number of amides is 1. The van der Waals surface area contributed by atoms with Crippen molar-refractivity contribution < 1.29 is 4.79 Å². The molecule has 0 bridgehead atoms. The topological polar surface area (TPSA) is 46.3 Å². The minimum atomic E-state index is -0.0744. The number of terminal acetylenes is 1. The van der Waals surface area contributed by atoms with E-state index in [9.17, 15) is 4.79 Å². The number of hydrogen-bond acceptors (Lipinski definition) is 2. The van der Waals surface area contributed by atoms with Gasteiger partial charge in [0.25, 0.3) is 0 Å². The van der Waals surface area contributed by atoms with Gasteiger partial charge in [0.05, 0.1) is 6.54 Å². The Morgan fingerprint density at radius 3 is 2.53 bits per heavy atom. The molecule has 0 aromatic carbocycles. The van der Waals surface area contributed by atoms with Crippen LogP contribution in [0, 0.1) is 18.3 Å². The molecule has 0 aliphatic carbocycles. The molecule has 1 amide bonds. The van der Waals surface area contributed by atoms with E-state index in [4.69, 9.17) is 12.2 Å². The van der Waals surface area contributed by atoms with Crippen molar-refractivity contribution in [2.45, 2.75) is 39.7 Å². The third-order valence-electron chi connectivity index (χ3n) is 2.40. The van der Waals surface area contributed by atoms with Crippen LogP contribution in [-0.4, -0.2) is 29.9 Å². The van der Waals surface area contributed by atoms with E-state index in [1.807, 2.05) is 20.8 Å². The summed E-state index contributed by atoms with van der Waals surface area (Å²) in [7, 11) is 0. The predicted octanol–water partition coefficient (Wildman–Crippen LogP) is 1.23. The van der Waals surface area contributed by atoms with Gasteiger partial charge in [-0.2, -0.15) is 0 Å². The Hall–Kier alpha value is -1.01. The lowest BCUT2D eigenvalue weighted by Crippen LogP contribution is -2.38. The van der Waals surface area contributed by atoms with Crippen LogP contribution in [0.25, 0.3) is 0 Å². The standard InChI is InChI=1S/C12H22N2O/c1-5-7-14(8-6-2)12(15)9-11(13)10(3)4/h1,10-11H,6-9,13H2,2-4H3. The van der Waals surface area contributed by atoms with E-state index in [-0.39, 0.29) is 11.9 Å². The summed E-state index contributed by atoms with van der Waals surface area (Å²) in [6.07, 6.45) is 6.52.